The normalized spacial score (nSPS) is 36.8. The first-order chi connectivity index (χ1) is 14.1. The van der Waals surface area contributed by atoms with Crippen LogP contribution in [-0.2, 0) is 0 Å². The van der Waals surface area contributed by atoms with Gasteiger partial charge in [-0.25, -0.2) is 0 Å². The molecule has 168 valence electrons. The van der Waals surface area contributed by atoms with Crippen LogP contribution >= 0.6 is 0 Å². The lowest BCUT2D eigenvalue weighted by atomic mass is 9.60. The second kappa shape index (κ2) is 9.57. The number of fused-ring (bicyclic) bond motifs is 1. The van der Waals surface area contributed by atoms with E-state index in [1.54, 1.807) is 5.57 Å². The van der Waals surface area contributed by atoms with Gasteiger partial charge in [-0.2, -0.15) is 0 Å². The van der Waals surface area contributed by atoms with Gasteiger partial charge in [-0.05, 0) is 92.4 Å². The molecule has 0 aliphatic heterocycles. The molecule has 0 heterocycles. The molecule has 2 N–H and O–H groups in total. The van der Waals surface area contributed by atoms with Gasteiger partial charge in [-0.3, -0.25) is 0 Å². The van der Waals surface area contributed by atoms with Gasteiger partial charge in [0.1, 0.15) is 0 Å². The highest BCUT2D eigenvalue weighted by Crippen LogP contribution is 2.60. The monoisotopic (exact) mass is 412 g/mol. The summed E-state index contributed by atoms with van der Waals surface area (Å²) >= 11 is 0. The van der Waals surface area contributed by atoms with Crippen molar-refractivity contribution < 1.29 is 10.2 Å². The van der Waals surface area contributed by atoms with E-state index in [0.29, 0.717) is 35.7 Å². The second-order valence-corrected chi connectivity index (χ2v) is 11.1. The second-order valence-electron chi connectivity index (χ2n) is 11.1. The van der Waals surface area contributed by atoms with Gasteiger partial charge in [0.05, 0.1) is 12.2 Å². The molecular formula is C28H44O2. The molecule has 0 aromatic heterocycles. The molecule has 0 spiro atoms. The Labute approximate surface area is 184 Å². The summed E-state index contributed by atoms with van der Waals surface area (Å²) in [7, 11) is 0. The van der Waals surface area contributed by atoms with Crippen LogP contribution in [0.3, 0.4) is 0 Å². The van der Waals surface area contributed by atoms with Crippen molar-refractivity contribution in [2.45, 2.75) is 97.7 Å². The highest BCUT2D eigenvalue weighted by molar-refractivity contribution is 5.30. The first-order valence-corrected chi connectivity index (χ1v) is 12.2. The fourth-order valence-electron chi connectivity index (χ4n) is 6.51. The van der Waals surface area contributed by atoms with Gasteiger partial charge in [0.15, 0.2) is 0 Å². The quantitative estimate of drug-likeness (QED) is 0.473. The minimum atomic E-state index is -0.608. The summed E-state index contributed by atoms with van der Waals surface area (Å²) in [4.78, 5) is 0. The summed E-state index contributed by atoms with van der Waals surface area (Å²) in [6, 6.07) is 0. The molecule has 0 aromatic carbocycles. The van der Waals surface area contributed by atoms with Crippen LogP contribution in [0.25, 0.3) is 0 Å². The van der Waals surface area contributed by atoms with Crippen LogP contribution in [0, 0.1) is 29.1 Å². The minimum absolute atomic E-state index is 0.378. The Balaban J connectivity index is 1.73. The van der Waals surface area contributed by atoms with E-state index in [1.807, 2.05) is 0 Å². The zero-order chi connectivity index (χ0) is 22.1. The van der Waals surface area contributed by atoms with E-state index in [0.717, 1.165) is 17.4 Å². The summed E-state index contributed by atoms with van der Waals surface area (Å²) in [6.45, 7) is 17.9. The van der Waals surface area contributed by atoms with Gasteiger partial charge >= 0.3 is 0 Å². The van der Waals surface area contributed by atoms with Crippen molar-refractivity contribution in [3.05, 3.63) is 47.6 Å². The molecule has 3 aliphatic rings. The van der Waals surface area contributed by atoms with Crippen molar-refractivity contribution in [3.8, 4) is 0 Å². The Bertz CT molecular complexity index is 696. The molecule has 0 bridgehead atoms. The smallest absolute Gasteiger partial charge is 0.0809 e. The first-order valence-electron chi connectivity index (χ1n) is 12.2. The maximum Gasteiger partial charge on any atom is 0.0809 e. The van der Waals surface area contributed by atoms with Crippen molar-refractivity contribution in [3.63, 3.8) is 0 Å². The number of aliphatic hydroxyl groups is 2. The van der Waals surface area contributed by atoms with Crippen LogP contribution in [0.15, 0.2) is 47.6 Å². The van der Waals surface area contributed by atoms with Crippen molar-refractivity contribution in [1.82, 2.24) is 0 Å². The Kier molecular flexibility index (Phi) is 7.51. The molecule has 3 aliphatic carbocycles. The van der Waals surface area contributed by atoms with Gasteiger partial charge in [-0.15, -0.1) is 0 Å². The van der Waals surface area contributed by atoms with E-state index >= 15 is 0 Å². The van der Waals surface area contributed by atoms with Crippen molar-refractivity contribution in [2.75, 3.05) is 0 Å². The molecule has 0 radical (unpaired) electrons. The van der Waals surface area contributed by atoms with Gasteiger partial charge in [0.2, 0.25) is 0 Å². The first kappa shape index (κ1) is 23.5. The predicted octanol–water partition coefficient (Wildman–Crippen LogP) is 6.76. The van der Waals surface area contributed by atoms with E-state index < -0.39 is 12.2 Å². The highest BCUT2D eigenvalue weighted by atomic mass is 16.3. The number of rotatable bonds is 6. The van der Waals surface area contributed by atoms with E-state index in [1.165, 1.54) is 50.5 Å². The number of allylic oxidation sites excluding steroid dienone is 4. The lowest BCUT2D eigenvalue weighted by Gasteiger charge is -2.45. The van der Waals surface area contributed by atoms with Gasteiger partial charge < -0.3 is 10.2 Å². The van der Waals surface area contributed by atoms with Gasteiger partial charge in [-0.1, -0.05) is 69.7 Å². The van der Waals surface area contributed by atoms with Crippen LogP contribution in [0.1, 0.15) is 85.5 Å². The topological polar surface area (TPSA) is 40.5 Å². The zero-order valence-corrected chi connectivity index (χ0v) is 19.8. The van der Waals surface area contributed by atoms with Crippen molar-refractivity contribution in [1.29, 1.82) is 0 Å². The molecule has 2 heteroatoms. The van der Waals surface area contributed by atoms with Gasteiger partial charge in [0.25, 0.3) is 0 Å². The van der Waals surface area contributed by atoms with Crippen molar-refractivity contribution in [2.24, 2.45) is 29.1 Å². The zero-order valence-electron chi connectivity index (χ0n) is 19.8. The number of hydrogen-bond donors (Lipinski definition) is 2. The van der Waals surface area contributed by atoms with E-state index in [2.05, 4.69) is 53.0 Å². The van der Waals surface area contributed by atoms with E-state index in [-0.39, 0.29) is 0 Å². The molecule has 3 fully saturated rings. The highest BCUT2D eigenvalue weighted by Gasteiger charge is 2.50. The Morgan fingerprint density at radius 2 is 1.80 bits per heavy atom. The maximum atomic E-state index is 10.1. The third-order valence-electron chi connectivity index (χ3n) is 8.63. The van der Waals surface area contributed by atoms with E-state index in [4.69, 9.17) is 0 Å². The Morgan fingerprint density at radius 3 is 2.43 bits per heavy atom. The Morgan fingerprint density at radius 1 is 1.13 bits per heavy atom. The third kappa shape index (κ3) is 4.86. The lowest BCUT2D eigenvalue weighted by Crippen LogP contribution is -2.36. The SMILES string of the molecule is C=C1[C@H](O)CC(=C/C=C2\CCC[C@]3(C)[C@@H]([C@@H](C)C(=C)CCC(C)C)CC[C@@H]23)C[C@H]1O. The van der Waals surface area contributed by atoms with Crippen LogP contribution in [0.4, 0.5) is 0 Å². The lowest BCUT2D eigenvalue weighted by molar-refractivity contribution is 0.107. The van der Waals surface area contributed by atoms with Gasteiger partial charge in [0, 0.05) is 0 Å². The molecular weight excluding hydrogens is 368 g/mol. The molecule has 3 rings (SSSR count). The molecule has 2 nitrogen and oxygen atoms in total. The summed E-state index contributed by atoms with van der Waals surface area (Å²) in [5, 5.41) is 20.3. The molecule has 30 heavy (non-hydrogen) atoms. The average Bonchev–Trinajstić information content (AvgIpc) is 3.05. The predicted molar refractivity (Wildman–Crippen MR) is 127 cm³/mol. The van der Waals surface area contributed by atoms with Crippen LogP contribution < -0.4 is 0 Å². The summed E-state index contributed by atoms with van der Waals surface area (Å²) < 4.78 is 0. The van der Waals surface area contributed by atoms with Crippen LogP contribution in [-0.4, -0.2) is 22.4 Å². The summed E-state index contributed by atoms with van der Waals surface area (Å²) in [5.74, 6) is 2.75. The number of hydrogen-bond acceptors (Lipinski definition) is 2. The Hall–Kier alpha value is -1.12. The molecule has 0 saturated heterocycles. The standard InChI is InChI=1S/C28H44O2/c1-18(2)9-10-19(3)20(4)24-13-14-25-23(8-7-15-28(24,25)6)12-11-22-16-26(29)21(5)27(30)17-22/h11-12,18,20,24-27,29-30H,3,5,7-10,13-17H2,1-2,4,6H3/b23-12+/t20-,24+,25-,26+,27+,28+/m0/s1. The van der Waals surface area contributed by atoms with E-state index in [9.17, 15) is 10.2 Å². The maximum absolute atomic E-state index is 10.1. The molecule has 3 saturated carbocycles. The average molecular weight is 413 g/mol. The largest absolute Gasteiger partial charge is 0.388 e. The third-order valence-corrected chi connectivity index (χ3v) is 8.63. The summed E-state index contributed by atoms with van der Waals surface area (Å²) in [6.07, 6.45) is 13.3. The fraction of sp³-hybridized carbons (Fsp3) is 0.714. The number of aliphatic hydroxyl groups excluding tert-OH is 2. The molecule has 0 amide bonds. The van der Waals surface area contributed by atoms with Crippen molar-refractivity contribution >= 4 is 0 Å². The summed E-state index contributed by atoms with van der Waals surface area (Å²) in [5.41, 5.74) is 5.14. The minimum Gasteiger partial charge on any atom is -0.388 e. The van der Waals surface area contributed by atoms with Crippen LogP contribution in [0.2, 0.25) is 0 Å². The fourth-order valence-corrected chi connectivity index (χ4v) is 6.51. The molecule has 0 unspecified atom stereocenters. The molecule has 0 aromatic rings. The van der Waals surface area contributed by atoms with Crippen LogP contribution in [0.5, 0.6) is 0 Å². The molecule has 6 atom stereocenters.